The number of sulfonamides is 1. The largest absolute Gasteiger partial charge is 0.480 e. The molecule has 1 atom stereocenters. The molecule has 1 aliphatic carbocycles. The molecule has 0 spiro atoms. The maximum absolute atomic E-state index is 12.7. The summed E-state index contributed by atoms with van der Waals surface area (Å²) in [5, 5.41) is 13.8. The van der Waals surface area contributed by atoms with Crippen LogP contribution in [-0.4, -0.2) is 44.8 Å². The first-order chi connectivity index (χ1) is 19.3. The summed E-state index contributed by atoms with van der Waals surface area (Å²) in [7, 11) is -3.70. The Morgan fingerprint density at radius 3 is 2.12 bits per heavy atom. The third-order valence-corrected chi connectivity index (χ3v) is 8.64. The first-order valence-corrected chi connectivity index (χ1v) is 14.6. The Labute approximate surface area is 233 Å². The van der Waals surface area contributed by atoms with Crippen LogP contribution in [0.3, 0.4) is 0 Å². The van der Waals surface area contributed by atoms with Crippen molar-refractivity contribution in [3.8, 4) is 11.1 Å². The number of hydrogen-bond acceptors (Lipinski definition) is 5. The Balaban J connectivity index is 1.10. The van der Waals surface area contributed by atoms with Crippen LogP contribution in [0.5, 0.6) is 0 Å². The molecule has 0 saturated heterocycles. The average molecular weight is 559 g/mol. The predicted octanol–water partition coefficient (Wildman–Crippen LogP) is 5.28. The molecular weight excluding hydrogens is 528 g/mol. The Morgan fingerprint density at radius 2 is 1.45 bits per heavy atom. The number of nitrogens with one attached hydrogen (secondary N) is 2. The minimum absolute atomic E-state index is 0.0861. The number of fused-ring (bicyclic) bond motifs is 4. The average Bonchev–Trinajstić information content (AvgIpc) is 3.28. The molecule has 4 aromatic rings. The molecule has 0 bridgehead atoms. The van der Waals surface area contributed by atoms with Crippen LogP contribution in [0.4, 0.5) is 4.79 Å². The third kappa shape index (κ3) is 6.00. The second-order valence-corrected chi connectivity index (χ2v) is 11.5. The van der Waals surface area contributed by atoms with Crippen LogP contribution >= 0.6 is 0 Å². The number of carbonyl (C=O) groups excluding carboxylic acids is 1. The molecule has 8 nitrogen and oxygen atoms in total. The number of carbonyl (C=O) groups is 2. The number of hydrogen-bond donors (Lipinski definition) is 3. The molecular formula is C31H30N2O6S. The number of carboxylic acids is 1. The lowest BCUT2D eigenvalue weighted by atomic mass is 9.98. The second kappa shape index (κ2) is 11.9. The summed E-state index contributed by atoms with van der Waals surface area (Å²) < 4.78 is 33.4. The van der Waals surface area contributed by atoms with Crippen molar-refractivity contribution in [1.82, 2.24) is 10.0 Å². The highest BCUT2D eigenvalue weighted by atomic mass is 32.2. The van der Waals surface area contributed by atoms with Crippen LogP contribution in [0.15, 0.2) is 95.9 Å². The Hall–Kier alpha value is -4.21. The topological polar surface area (TPSA) is 122 Å². The summed E-state index contributed by atoms with van der Waals surface area (Å²) in [6.07, 6.45) is 0.132. The van der Waals surface area contributed by atoms with Gasteiger partial charge in [0.15, 0.2) is 0 Å². The highest BCUT2D eigenvalue weighted by molar-refractivity contribution is 7.89. The smallest absolute Gasteiger partial charge is 0.407 e. The Morgan fingerprint density at radius 1 is 0.825 bits per heavy atom. The monoisotopic (exact) mass is 558 g/mol. The van der Waals surface area contributed by atoms with Gasteiger partial charge in [-0.2, -0.15) is 0 Å². The summed E-state index contributed by atoms with van der Waals surface area (Å²) >= 11 is 0. The number of ether oxygens (including phenoxy) is 1. The van der Waals surface area contributed by atoms with Gasteiger partial charge in [0.2, 0.25) is 10.0 Å². The van der Waals surface area contributed by atoms with Gasteiger partial charge >= 0.3 is 12.1 Å². The molecule has 4 aromatic carbocycles. The van der Waals surface area contributed by atoms with Gasteiger partial charge in [0, 0.05) is 12.5 Å². The lowest BCUT2D eigenvalue weighted by molar-refractivity contribution is -0.139. The zero-order valence-corrected chi connectivity index (χ0v) is 22.6. The quantitative estimate of drug-likeness (QED) is 0.215. The summed E-state index contributed by atoms with van der Waals surface area (Å²) in [4.78, 5) is 24.4. The molecule has 40 heavy (non-hydrogen) atoms. The molecule has 1 aliphatic rings. The summed E-state index contributed by atoms with van der Waals surface area (Å²) in [6.45, 7) is 0.231. The normalized spacial score (nSPS) is 13.4. The molecule has 0 heterocycles. The van der Waals surface area contributed by atoms with Gasteiger partial charge in [0.25, 0.3) is 0 Å². The zero-order valence-electron chi connectivity index (χ0n) is 21.7. The Kier molecular flexibility index (Phi) is 8.14. The van der Waals surface area contributed by atoms with E-state index < -0.39 is 28.1 Å². The molecule has 0 aliphatic heterocycles. The van der Waals surface area contributed by atoms with Gasteiger partial charge in [-0.15, -0.1) is 0 Å². The van der Waals surface area contributed by atoms with Crippen LogP contribution in [0.25, 0.3) is 21.9 Å². The van der Waals surface area contributed by atoms with Gasteiger partial charge < -0.3 is 15.2 Å². The maximum Gasteiger partial charge on any atom is 0.407 e. The van der Waals surface area contributed by atoms with Crippen LogP contribution < -0.4 is 10.0 Å². The van der Waals surface area contributed by atoms with E-state index >= 15 is 0 Å². The molecule has 5 rings (SSSR count). The highest BCUT2D eigenvalue weighted by Crippen LogP contribution is 2.44. The van der Waals surface area contributed by atoms with Gasteiger partial charge in [-0.25, -0.2) is 22.7 Å². The van der Waals surface area contributed by atoms with E-state index in [0.29, 0.717) is 12.8 Å². The number of benzene rings is 4. The van der Waals surface area contributed by atoms with Crippen LogP contribution in [0.2, 0.25) is 0 Å². The second-order valence-electron chi connectivity index (χ2n) is 9.76. The number of carboxylic acid groups (broad SMARTS) is 1. The van der Waals surface area contributed by atoms with E-state index in [1.807, 2.05) is 72.8 Å². The lowest BCUT2D eigenvalue weighted by Crippen LogP contribution is -2.41. The van der Waals surface area contributed by atoms with Gasteiger partial charge in [0.1, 0.15) is 12.6 Å². The molecule has 1 amide bonds. The number of aliphatic carboxylic acids is 1. The van der Waals surface area contributed by atoms with Gasteiger partial charge in [0.05, 0.1) is 4.90 Å². The SMILES string of the molecule is O=C(N[C@@H](CCCCNS(=O)(=O)c1ccc2ccccc2c1)C(=O)O)OCC1c2ccccc2-c2ccccc21. The minimum Gasteiger partial charge on any atom is -0.480 e. The molecule has 0 fully saturated rings. The fraction of sp³-hybridized carbons (Fsp3) is 0.226. The number of unbranched alkanes of at least 4 members (excludes halogenated alkanes) is 1. The molecule has 0 saturated carbocycles. The van der Waals surface area contributed by atoms with Crippen LogP contribution in [0, 0.1) is 0 Å². The van der Waals surface area contributed by atoms with Crippen molar-refractivity contribution in [2.24, 2.45) is 0 Å². The van der Waals surface area contributed by atoms with E-state index in [9.17, 15) is 23.1 Å². The fourth-order valence-electron chi connectivity index (χ4n) is 5.14. The van der Waals surface area contributed by atoms with Gasteiger partial charge in [-0.1, -0.05) is 78.9 Å². The molecule has 9 heteroatoms. The van der Waals surface area contributed by atoms with Crippen molar-refractivity contribution < 1.29 is 27.9 Å². The van der Waals surface area contributed by atoms with Crippen molar-refractivity contribution in [2.45, 2.75) is 36.1 Å². The van der Waals surface area contributed by atoms with E-state index in [-0.39, 0.29) is 30.4 Å². The van der Waals surface area contributed by atoms with Gasteiger partial charge in [-0.3, -0.25) is 0 Å². The number of alkyl carbamates (subject to hydrolysis) is 1. The summed E-state index contributed by atoms with van der Waals surface area (Å²) in [6, 6.07) is 27.2. The minimum atomic E-state index is -3.70. The first kappa shape index (κ1) is 27.4. The van der Waals surface area contributed by atoms with Crippen molar-refractivity contribution in [2.75, 3.05) is 13.2 Å². The molecule has 206 valence electrons. The standard InChI is InChI=1S/C31H30N2O6S/c34-30(35)29(15-7-8-18-32-40(37,38)23-17-16-21-9-1-2-10-22(21)19-23)33-31(36)39-20-28-26-13-5-3-11-24(26)25-12-4-6-14-27(25)28/h1-6,9-14,16-17,19,28-29,32H,7-8,15,18,20H2,(H,33,36)(H,34,35)/t29-/m0/s1. The van der Waals surface area contributed by atoms with E-state index in [4.69, 9.17) is 4.74 Å². The summed E-state index contributed by atoms with van der Waals surface area (Å²) in [5.41, 5.74) is 4.34. The fourth-order valence-corrected chi connectivity index (χ4v) is 6.25. The van der Waals surface area contributed by atoms with E-state index in [2.05, 4.69) is 10.0 Å². The number of amides is 1. The van der Waals surface area contributed by atoms with E-state index in [0.717, 1.165) is 33.0 Å². The lowest BCUT2D eigenvalue weighted by Gasteiger charge is -2.17. The van der Waals surface area contributed by atoms with E-state index in [1.165, 1.54) is 0 Å². The van der Waals surface area contributed by atoms with Crippen molar-refractivity contribution >= 4 is 32.9 Å². The van der Waals surface area contributed by atoms with Crippen LogP contribution in [-0.2, 0) is 19.6 Å². The van der Waals surface area contributed by atoms with Crippen molar-refractivity contribution in [3.63, 3.8) is 0 Å². The zero-order chi connectivity index (χ0) is 28.1. The summed E-state index contributed by atoms with van der Waals surface area (Å²) in [5.74, 6) is -1.30. The highest BCUT2D eigenvalue weighted by Gasteiger charge is 2.29. The van der Waals surface area contributed by atoms with Crippen LogP contribution in [0.1, 0.15) is 36.3 Å². The van der Waals surface area contributed by atoms with Crippen molar-refractivity contribution in [3.05, 3.63) is 102 Å². The van der Waals surface area contributed by atoms with Crippen molar-refractivity contribution in [1.29, 1.82) is 0 Å². The Bertz CT molecular complexity index is 1610. The maximum atomic E-state index is 12.7. The van der Waals surface area contributed by atoms with Gasteiger partial charge in [-0.05, 0) is 64.4 Å². The number of rotatable bonds is 11. The third-order valence-electron chi connectivity index (χ3n) is 7.18. The molecule has 0 unspecified atom stereocenters. The molecule has 0 radical (unpaired) electrons. The molecule has 0 aromatic heterocycles. The molecule has 3 N–H and O–H groups in total. The first-order valence-electron chi connectivity index (χ1n) is 13.2. The van der Waals surface area contributed by atoms with E-state index in [1.54, 1.807) is 18.2 Å². The predicted molar refractivity (Wildman–Crippen MR) is 153 cm³/mol.